The van der Waals surface area contributed by atoms with Gasteiger partial charge in [-0.15, -0.1) is 0 Å². The summed E-state index contributed by atoms with van der Waals surface area (Å²) in [7, 11) is 1.80. The molecule has 1 aromatic rings. The molecule has 2 saturated heterocycles. The topological polar surface area (TPSA) is 53.5 Å². The number of pyridine rings is 1. The molecule has 2 aliphatic heterocycles. The molecule has 2 amide bonds. The number of aromatic nitrogens is 1. The van der Waals surface area contributed by atoms with Gasteiger partial charge in [0.05, 0.1) is 17.3 Å². The fraction of sp³-hybridized carbons (Fsp3) is 0.533. The highest BCUT2D eigenvalue weighted by atomic mass is 19.1. The monoisotopic (exact) mass is 291 g/mol. The van der Waals surface area contributed by atoms with E-state index in [-0.39, 0.29) is 22.9 Å². The lowest BCUT2D eigenvalue weighted by Gasteiger charge is -2.44. The van der Waals surface area contributed by atoms with Crippen molar-refractivity contribution < 1.29 is 14.0 Å². The molecule has 2 fully saturated rings. The third kappa shape index (κ3) is 2.28. The Labute approximate surface area is 122 Å². The molecule has 5 nitrogen and oxygen atoms in total. The van der Waals surface area contributed by atoms with Crippen molar-refractivity contribution in [1.82, 2.24) is 14.8 Å². The molecule has 0 bridgehead atoms. The van der Waals surface area contributed by atoms with Crippen molar-refractivity contribution in [2.75, 3.05) is 20.1 Å². The molecular weight excluding hydrogens is 273 g/mol. The van der Waals surface area contributed by atoms with Gasteiger partial charge in [0.1, 0.15) is 0 Å². The van der Waals surface area contributed by atoms with Gasteiger partial charge in [0, 0.05) is 32.8 Å². The highest BCUT2D eigenvalue weighted by molar-refractivity contribution is 5.94. The van der Waals surface area contributed by atoms with E-state index in [0.717, 1.165) is 25.5 Å². The molecule has 1 spiro atoms. The summed E-state index contributed by atoms with van der Waals surface area (Å²) in [5.74, 6) is -0.793. The van der Waals surface area contributed by atoms with E-state index in [0.29, 0.717) is 19.5 Å². The Morgan fingerprint density at radius 2 is 2.24 bits per heavy atom. The van der Waals surface area contributed by atoms with Crippen LogP contribution in [0.4, 0.5) is 4.39 Å². The van der Waals surface area contributed by atoms with E-state index < -0.39 is 5.82 Å². The zero-order chi connectivity index (χ0) is 15.0. The fourth-order valence-electron chi connectivity index (χ4n) is 3.42. The molecule has 1 atom stereocenters. The number of likely N-dealkylation sites (tertiary alicyclic amines) is 2. The zero-order valence-corrected chi connectivity index (χ0v) is 12.0. The summed E-state index contributed by atoms with van der Waals surface area (Å²) < 4.78 is 13.7. The lowest BCUT2D eigenvalue weighted by Crippen LogP contribution is -2.56. The average molecular weight is 291 g/mol. The number of nitrogens with zero attached hydrogens (tertiary/aromatic N) is 3. The minimum Gasteiger partial charge on any atom is -0.338 e. The van der Waals surface area contributed by atoms with Gasteiger partial charge in [0.25, 0.3) is 5.91 Å². The summed E-state index contributed by atoms with van der Waals surface area (Å²) in [6.07, 6.45) is 5.50. The third-order valence-corrected chi connectivity index (χ3v) is 4.74. The maximum Gasteiger partial charge on any atom is 0.257 e. The largest absolute Gasteiger partial charge is 0.338 e. The van der Waals surface area contributed by atoms with E-state index in [4.69, 9.17) is 0 Å². The van der Waals surface area contributed by atoms with E-state index in [1.54, 1.807) is 16.8 Å². The minimum atomic E-state index is -0.599. The van der Waals surface area contributed by atoms with Crippen molar-refractivity contribution in [3.05, 3.63) is 29.8 Å². The van der Waals surface area contributed by atoms with Crippen LogP contribution < -0.4 is 0 Å². The molecule has 3 heterocycles. The van der Waals surface area contributed by atoms with Gasteiger partial charge >= 0.3 is 0 Å². The van der Waals surface area contributed by atoms with Crippen molar-refractivity contribution in [3.8, 4) is 0 Å². The second kappa shape index (κ2) is 5.09. The predicted molar refractivity (Wildman–Crippen MR) is 74.1 cm³/mol. The van der Waals surface area contributed by atoms with Crippen molar-refractivity contribution >= 4 is 11.8 Å². The quantitative estimate of drug-likeness (QED) is 0.787. The van der Waals surface area contributed by atoms with Crippen molar-refractivity contribution in [3.63, 3.8) is 0 Å². The van der Waals surface area contributed by atoms with Crippen LogP contribution in [0.25, 0.3) is 0 Å². The van der Waals surface area contributed by atoms with E-state index in [1.165, 1.54) is 12.3 Å². The zero-order valence-electron chi connectivity index (χ0n) is 12.0. The molecule has 0 radical (unpaired) electrons. The number of carbonyl (C=O) groups is 2. The summed E-state index contributed by atoms with van der Waals surface area (Å²) in [5, 5.41) is 0. The van der Waals surface area contributed by atoms with Crippen LogP contribution in [-0.4, -0.2) is 52.3 Å². The first-order valence-electron chi connectivity index (χ1n) is 7.19. The van der Waals surface area contributed by atoms with Gasteiger partial charge in [-0.05, 0) is 25.3 Å². The molecule has 0 aliphatic carbocycles. The maximum absolute atomic E-state index is 13.7. The number of carbonyl (C=O) groups excluding carboxylic acids is 2. The normalized spacial score (nSPS) is 25.7. The Kier molecular flexibility index (Phi) is 3.39. The van der Waals surface area contributed by atoms with Crippen LogP contribution in [0.5, 0.6) is 0 Å². The average Bonchev–Trinajstić information content (AvgIpc) is 2.76. The molecule has 0 N–H and O–H groups in total. The molecule has 112 valence electrons. The molecule has 0 saturated carbocycles. The highest BCUT2D eigenvalue weighted by Gasteiger charge is 2.46. The Hall–Kier alpha value is -1.98. The van der Waals surface area contributed by atoms with E-state index in [9.17, 15) is 14.0 Å². The Morgan fingerprint density at radius 3 is 2.90 bits per heavy atom. The molecular formula is C15H18FN3O2. The molecule has 3 rings (SSSR count). The Morgan fingerprint density at radius 1 is 1.43 bits per heavy atom. The van der Waals surface area contributed by atoms with Crippen molar-refractivity contribution in [2.24, 2.45) is 0 Å². The summed E-state index contributed by atoms with van der Waals surface area (Å²) in [4.78, 5) is 31.4. The molecule has 0 aromatic carbocycles. The van der Waals surface area contributed by atoms with Gasteiger partial charge in [-0.3, -0.25) is 14.6 Å². The number of rotatable bonds is 1. The van der Waals surface area contributed by atoms with E-state index in [2.05, 4.69) is 4.98 Å². The Bertz CT molecular complexity index is 592. The van der Waals surface area contributed by atoms with Gasteiger partial charge < -0.3 is 9.80 Å². The predicted octanol–water partition coefficient (Wildman–Crippen LogP) is 1.45. The maximum atomic E-state index is 13.7. The Balaban J connectivity index is 1.82. The standard InChI is InChI=1S/C15H18FN3O2/c1-18-13(20)3-6-15(18)5-2-8-19(10-15)14(21)11-4-7-17-9-12(11)16/h4,7,9H,2-3,5-6,8,10H2,1H3. The summed E-state index contributed by atoms with van der Waals surface area (Å²) in [5.41, 5.74) is -0.219. The van der Waals surface area contributed by atoms with Crippen molar-refractivity contribution in [1.29, 1.82) is 0 Å². The van der Waals surface area contributed by atoms with Gasteiger partial charge in [-0.25, -0.2) is 4.39 Å². The first-order chi connectivity index (χ1) is 10.0. The highest BCUT2D eigenvalue weighted by Crippen LogP contribution is 2.37. The van der Waals surface area contributed by atoms with Crippen LogP contribution in [-0.2, 0) is 4.79 Å². The second-order valence-electron chi connectivity index (χ2n) is 5.86. The van der Waals surface area contributed by atoms with Gasteiger partial charge in [-0.2, -0.15) is 0 Å². The number of amides is 2. The molecule has 1 aromatic heterocycles. The molecule has 21 heavy (non-hydrogen) atoms. The van der Waals surface area contributed by atoms with Crippen LogP contribution in [0.3, 0.4) is 0 Å². The summed E-state index contributed by atoms with van der Waals surface area (Å²) in [6, 6.07) is 1.41. The van der Waals surface area contributed by atoms with Crippen molar-refractivity contribution in [2.45, 2.75) is 31.2 Å². The van der Waals surface area contributed by atoms with Gasteiger partial charge in [-0.1, -0.05) is 0 Å². The number of halogens is 1. The number of likely N-dealkylation sites (N-methyl/N-ethyl adjacent to an activating group) is 1. The smallest absolute Gasteiger partial charge is 0.257 e. The number of hydrogen-bond acceptors (Lipinski definition) is 3. The third-order valence-electron chi connectivity index (χ3n) is 4.74. The summed E-state index contributed by atoms with van der Waals surface area (Å²) >= 11 is 0. The van der Waals surface area contributed by atoms with Crippen LogP contribution in [0.15, 0.2) is 18.5 Å². The minimum absolute atomic E-state index is 0.0500. The molecule has 1 unspecified atom stereocenters. The van der Waals surface area contributed by atoms with E-state index >= 15 is 0 Å². The van der Waals surface area contributed by atoms with Crippen LogP contribution in [0, 0.1) is 5.82 Å². The summed E-state index contributed by atoms with van der Waals surface area (Å²) in [6.45, 7) is 1.08. The van der Waals surface area contributed by atoms with Crippen LogP contribution in [0.1, 0.15) is 36.0 Å². The van der Waals surface area contributed by atoms with Gasteiger partial charge in [0.2, 0.25) is 5.91 Å². The van der Waals surface area contributed by atoms with Crippen LogP contribution >= 0.6 is 0 Å². The number of piperidine rings is 1. The fourth-order valence-corrected chi connectivity index (χ4v) is 3.42. The first kappa shape index (κ1) is 14.0. The lowest BCUT2D eigenvalue weighted by molar-refractivity contribution is -0.130. The van der Waals surface area contributed by atoms with E-state index in [1.807, 2.05) is 0 Å². The SMILES string of the molecule is CN1C(=O)CCC12CCCN(C(=O)c1ccncc1F)C2. The first-order valence-corrected chi connectivity index (χ1v) is 7.19. The van der Waals surface area contributed by atoms with Gasteiger partial charge in [0.15, 0.2) is 5.82 Å². The molecule has 6 heteroatoms. The number of hydrogen-bond donors (Lipinski definition) is 0. The van der Waals surface area contributed by atoms with Crippen LogP contribution in [0.2, 0.25) is 0 Å². The second-order valence-corrected chi connectivity index (χ2v) is 5.86. The molecule has 2 aliphatic rings. The lowest BCUT2D eigenvalue weighted by atomic mass is 9.86.